The molecule has 1 aromatic carbocycles. The molecule has 1 aliphatic rings. The van der Waals surface area contributed by atoms with Gasteiger partial charge in [0.15, 0.2) is 0 Å². The number of amidine groups is 1. The molecule has 1 aromatic rings. The molecule has 0 atom stereocenters. The summed E-state index contributed by atoms with van der Waals surface area (Å²) in [5, 5.41) is 7.60. The van der Waals surface area contributed by atoms with Crippen molar-refractivity contribution >= 4 is 11.5 Å². The average Bonchev–Trinajstić information content (AvgIpc) is 2.85. The highest BCUT2D eigenvalue weighted by Crippen LogP contribution is 2.30. The van der Waals surface area contributed by atoms with Gasteiger partial charge in [0.1, 0.15) is 11.7 Å². The van der Waals surface area contributed by atoms with Crippen molar-refractivity contribution in [2.75, 3.05) is 11.4 Å². The van der Waals surface area contributed by atoms with E-state index in [-0.39, 0.29) is 11.7 Å². The van der Waals surface area contributed by atoms with Crippen molar-refractivity contribution in [2.45, 2.75) is 38.6 Å². The number of nitrogens with one attached hydrogen (secondary N) is 1. The number of nitrogens with two attached hydrogens (primary N) is 1. The van der Waals surface area contributed by atoms with E-state index in [1.54, 1.807) is 6.07 Å². The lowest BCUT2D eigenvalue weighted by Gasteiger charge is -2.31. The van der Waals surface area contributed by atoms with Crippen LogP contribution in [0.1, 0.15) is 38.2 Å². The second-order valence-electron chi connectivity index (χ2n) is 4.80. The van der Waals surface area contributed by atoms with E-state index in [4.69, 9.17) is 11.1 Å². The molecule has 4 heteroatoms. The maximum absolute atomic E-state index is 13.3. The summed E-state index contributed by atoms with van der Waals surface area (Å²) in [6, 6.07) is 5.04. The molecule has 0 radical (unpaired) electrons. The fourth-order valence-electron chi connectivity index (χ4n) is 2.82. The Morgan fingerprint density at radius 1 is 1.44 bits per heavy atom. The first-order valence-electron chi connectivity index (χ1n) is 6.54. The van der Waals surface area contributed by atoms with Gasteiger partial charge in [0.05, 0.1) is 0 Å². The van der Waals surface area contributed by atoms with Crippen molar-refractivity contribution in [3.05, 3.63) is 29.6 Å². The predicted octanol–water partition coefficient (Wildman–Crippen LogP) is 2.88. The molecule has 1 aliphatic carbocycles. The van der Waals surface area contributed by atoms with Crippen LogP contribution in [0.5, 0.6) is 0 Å². The largest absolute Gasteiger partial charge is 0.384 e. The third-order valence-electron chi connectivity index (χ3n) is 3.66. The van der Waals surface area contributed by atoms with Gasteiger partial charge in [-0.05, 0) is 38.0 Å². The zero-order valence-corrected chi connectivity index (χ0v) is 10.7. The fraction of sp³-hybridized carbons (Fsp3) is 0.500. The summed E-state index contributed by atoms with van der Waals surface area (Å²) in [5.41, 5.74) is 6.96. The number of benzene rings is 1. The van der Waals surface area contributed by atoms with E-state index in [2.05, 4.69) is 11.8 Å². The molecule has 1 saturated carbocycles. The van der Waals surface area contributed by atoms with E-state index in [1.165, 1.54) is 37.8 Å². The Morgan fingerprint density at radius 2 is 2.11 bits per heavy atom. The minimum Gasteiger partial charge on any atom is -0.384 e. The van der Waals surface area contributed by atoms with Crippen LogP contribution in [0.2, 0.25) is 0 Å². The van der Waals surface area contributed by atoms with Gasteiger partial charge >= 0.3 is 0 Å². The molecule has 98 valence electrons. The van der Waals surface area contributed by atoms with Crippen molar-refractivity contribution in [1.82, 2.24) is 0 Å². The Labute approximate surface area is 107 Å². The summed E-state index contributed by atoms with van der Waals surface area (Å²) >= 11 is 0. The summed E-state index contributed by atoms with van der Waals surface area (Å²) in [7, 11) is 0. The van der Waals surface area contributed by atoms with E-state index < -0.39 is 0 Å². The Bertz CT molecular complexity index is 439. The van der Waals surface area contributed by atoms with Crippen LogP contribution in [0.3, 0.4) is 0 Å². The van der Waals surface area contributed by atoms with Crippen LogP contribution in [0.25, 0.3) is 0 Å². The quantitative estimate of drug-likeness (QED) is 0.637. The van der Waals surface area contributed by atoms with Gasteiger partial charge in [-0.25, -0.2) is 4.39 Å². The van der Waals surface area contributed by atoms with Crippen LogP contribution < -0.4 is 10.6 Å². The number of hydrogen-bond donors (Lipinski definition) is 2. The van der Waals surface area contributed by atoms with Crippen molar-refractivity contribution < 1.29 is 4.39 Å². The minimum absolute atomic E-state index is 0.0686. The summed E-state index contributed by atoms with van der Waals surface area (Å²) in [4.78, 5) is 2.25. The standard InChI is InChI=1S/C14H20FN3/c1-2-18(11-5-3-4-6-11)13-8-7-10(15)9-12(13)14(16)17/h7-9,11H,2-6H2,1H3,(H3,16,17). The molecule has 0 aliphatic heterocycles. The zero-order valence-electron chi connectivity index (χ0n) is 10.7. The summed E-state index contributed by atoms with van der Waals surface area (Å²) in [6.45, 7) is 2.95. The lowest BCUT2D eigenvalue weighted by atomic mass is 10.1. The molecule has 0 bridgehead atoms. The zero-order chi connectivity index (χ0) is 13.1. The Hall–Kier alpha value is -1.58. The van der Waals surface area contributed by atoms with Crippen molar-refractivity contribution in [2.24, 2.45) is 5.73 Å². The lowest BCUT2D eigenvalue weighted by Crippen LogP contribution is -2.34. The summed E-state index contributed by atoms with van der Waals surface area (Å²) < 4.78 is 13.3. The SMILES string of the molecule is CCN(c1ccc(F)cc1C(=N)N)C1CCCC1. The number of halogens is 1. The van der Waals surface area contributed by atoms with Crippen LogP contribution in [0.15, 0.2) is 18.2 Å². The minimum atomic E-state index is -0.341. The molecule has 0 heterocycles. The third kappa shape index (κ3) is 2.47. The predicted molar refractivity (Wildman–Crippen MR) is 72.7 cm³/mol. The number of hydrogen-bond acceptors (Lipinski definition) is 2. The van der Waals surface area contributed by atoms with Gasteiger partial charge < -0.3 is 10.6 Å². The molecular formula is C14H20FN3. The van der Waals surface area contributed by atoms with E-state index >= 15 is 0 Å². The third-order valence-corrected chi connectivity index (χ3v) is 3.66. The molecule has 18 heavy (non-hydrogen) atoms. The molecule has 0 saturated heterocycles. The van der Waals surface area contributed by atoms with Gasteiger partial charge in [0.2, 0.25) is 0 Å². The Morgan fingerprint density at radius 3 is 2.67 bits per heavy atom. The number of anilines is 1. The van der Waals surface area contributed by atoms with E-state index in [9.17, 15) is 4.39 Å². The molecule has 3 nitrogen and oxygen atoms in total. The molecule has 0 aromatic heterocycles. The van der Waals surface area contributed by atoms with E-state index in [1.807, 2.05) is 0 Å². The maximum Gasteiger partial charge on any atom is 0.125 e. The molecule has 1 fully saturated rings. The van der Waals surface area contributed by atoms with Gasteiger partial charge in [0, 0.05) is 23.8 Å². The van der Waals surface area contributed by atoms with Crippen LogP contribution in [-0.2, 0) is 0 Å². The van der Waals surface area contributed by atoms with Gasteiger partial charge in [-0.3, -0.25) is 5.41 Å². The fourth-order valence-corrected chi connectivity index (χ4v) is 2.82. The van der Waals surface area contributed by atoms with Crippen molar-refractivity contribution in [3.63, 3.8) is 0 Å². The van der Waals surface area contributed by atoms with Crippen molar-refractivity contribution in [3.8, 4) is 0 Å². The molecule has 0 amide bonds. The Balaban J connectivity index is 2.37. The molecule has 0 spiro atoms. The highest BCUT2D eigenvalue weighted by molar-refractivity contribution is 6.00. The maximum atomic E-state index is 13.3. The molecule has 0 unspecified atom stereocenters. The van der Waals surface area contributed by atoms with Crippen LogP contribution in [0.4, 0.5) is 10.1 Å². The van der Waals surface area contributed by atoms with Gasteiger partial charge in [-0.1, -0.05) is 12.8 Å². The molecule has 3 N–H and O–H groups in total. The number of nitrogen functional groups attached to an aromatic ring is 1. The van der Waals surface area contributed by atoms with Gasteiger partial charge in [-0.15, -0.1) is 0 Å². The van der Waals surface area contributed by atoms with E-state index in [0.717, 1.165) is 12.2 Å². The first kappa shape index (κ1) is 12.9. The second-order valence-corrected chi connectivity index (χ2v) is 4.80. The smallest absolute Gasteiger partial charge is 0.125 e. The summed E-state index contributed by atoms with van der Waals surface area (Å²) in [6.07, 6.45) is 4.83. The second kappa shape index (κ2) is 5.38. The highest BCUT2D eigenvalue weighted by atomic mass is 19.1. The van der Waals surface area contributed by atoms with E-state index in [0.29, 0.717) is 11.6 Å². The summed E-state index contributed by atoms with van der Waals surface area (Å²) in [5.74, 6) is -0.410. The van der Waals surface area contributed by atoms with Crippen LogP contribution >= 0.6 is 0 Å². The normalized spacial score (nSPS) is 15.9. The molecular weight excluding hydrogens is 229 g/mol. The van der Waals surface area contributed by atoms with Gasteiger partial charge in [-0.2, -0.15) is 0 Å². The average molecular weight is 249 g/mol. The van der Waals surface area contributed by atoms with Crippen molar-refractivity contribution in [1.29, 1.82) is 5.41 Å². The van der Waals surface area contributed by atoms with Crippen LogP contribution in [-0.4, -0.2) is 18.4 Å². The number of nitrogens with zero attached hydrogens (tertiary/aromatic N) is 1. The molecule has 2 rings (SSSR count). The highest BCUT2D eigenvalue weighted by Gasteiger charge is 2.24. The first-order chi connectivity index (χ1) is 8.63. The first-order valence-corrected chi connectivity index (χ1v) is 6.54. The number of rotatable bonds is 4. The Kier molecular flexibility index (Phi) is 3.84. The van der Waals surface area contributed by atoms with Crippen LogP contribution in [0, 0.1) is 11.2 Å². The lowest BCUT2D eigenvalue weighted by molar-refractivity contribution is 0.612. The van der Waals surface area contributed by atoms with Gasteiger partial charge in [0.25, 0.3) is 0 Å². The monoisotopic (exact) mass is 249 g/mol. The topological polar surface area (TPSA) is 53.1 Å².